The zero-order chi connectivity index (χ0) is 25.9. The van der Waals surface area contributed by atoms with E-state index in [0.717, 1.165) is 24.4 Å². The second kappa shape index (κ2) is 10.4. The van der Waals surface area contributed by atoms with Crippen molar-refractivity contribution in [3.8, 4) is 11.6 Å². The first-order valence-corrected chi connectivity index (χ1v) is 11.2. The molecule has 0 bridgehead atoms. The molecule has 0 aliphatic carbocycles. The van der Waals surface area contributed by atoms with Crippen molar-refractivity contribution >= 4 is 33.5 Å². The molecule has 0 saturated heterocycles. The van der Waals surface area contributed by atoms with Crippen LogP contribution in [0.4, 0.5) is 18.9 Å². The molecular formula is C24H21BrF3N3O4. The van der Waals surface area contributed by atoms with Gasteiger partial charge in [-0.2, -0.15) is 13.2 Å². The number of pyridine rings is 2. The molecule has 35 heavy (non-hydrogen) atoms. The summed E-state index contributed by atoms with van der Waals surface area (Å²) in [4.78, 5) is 34.6. The highest BCUT2D eigenvalue weighted by atomic mass is 79.9. The summed E-state index contributed by atoms with van der Waals surface area (Å²) in [5.74, 6) is -2.87. The maximum atomic E-state index is 13.4. The van der Waals surface area contributed by atoms with Gasteiger partial charge in [-0.15, -0.1) is 0 Å². The number of hydrogen-bond donors (Lipinski definition) is 1. The van der Waals surface area contributed by atoms with Crippen LogP contribution in [0, 0.1) is 5.92 Å². The van der Waals surface area contributed by atoms with Crippen LogP contribution in [0.2, 0.25) is 0 Å². The van der Waals surface area contributed by atoms with Gasteiger partial charge in [0.25, 0.3) is 5.91 Å². The molecule has 1 aromatic carbocycles. The summed E-state index contributed by atoms with van der Waals surface area (Å²) in [5.41, 5.74) is -1.28. The fourth-order valence-corrected chi connectivity index (χ4v) is 3.43. The van der Waals surface area contributed by atoms with Crippen LogP contribution >= 0.6 is 15.9 Å². The molecule has 1 amide bonds. The van der Waals surface area contributed by atoms with Crippen molar-refractivity contribution in [2.75, 3.05) is 4.90 Å². The van der Waals surface area contributed by atoms with E-state index in [4.69, 9.17) is 4.74 Å². The number of amides is 1. The lowest BCUT2D eigenvalue weighted by Gasteiger charge is -2.32. The Morgan fingerprint density at radius 1 is 1.09 bits per heavy atom. The molecular weight excluding hydrogens is 531 g/mol. The Bertz CT molecular complexity index is 1230. The molecule has 184 valence electrons. The zero-order valence-electron chi connectivity index (χ0n) is 18.9. The topological polar surface area (TPSA) is 92.6 Å². The summed E-state index contributed by atoms with van der Waals surface area (Å²) in [6.07, 6.45) is -2.13. The third kappa shape index (κ3) is 5.97. The Kier molecular flexibility index (Phi) is 7.79. The molecule has 0 radical (unpaired) electrons. The normalized spacial score (nSPS) is 12.3. The number of nitrogens with zero attached hydrogens (tertiary/aromatic N) is 3. The van der Waals surface area contributed by atoms with Crippen molar-refractivity contribution in [2.24, 2.45) is 5.92 Å². The first-order valence-electron chi connectivity index (χ1n) is 10.4. The van der Waals surface area contributed by atoms with Crippen LogP contribution in [0.5, 0.6) is 11.6 Å². The van der Waals surface area contributed by atoms with Crippen LogP contribution in [-0.4, -0.2) is 33.0 Å². The van der Waals surface area contributed by atoms with Gasteiger partial charge in [-0.1, -0.05) is 13.8 Å². The van der Waals surface area contributed by atoms with Crippen molar-refractivity contribution in [1.82, 2.24) is 9.97 Å². The number of aromatic nitrogens is 2. The number of aromatic carboxylic acids is 1. The third-order valence-corrected chi connectivity index (χ3v) is 5.76. The van der Waals surface area contributed by atoms with Crippen molar-refractivity contribution in [3.63, 3.8) is 0 Å². The molecule has 3 rings (SSSR count). The third-order valence-electron chi connectivity index (χ3n) is 5.29. The number of alkyl halides is 3. The fraction of sp³-hybridized carbons (Fsp3) is 0.250. The molecule has 1 unspecified atom stereocenters. The molecule has 1 N–H and O–H groups in total. The number of anilines is 1. The molecule has 3 aromatic rings. The van der Waals surface area contributed by atoms with Gasteiger partial charge in [-0.05, 0) is 71.2 Å². The molecule has 0 aliphatic rings. The van der Waals surface area contributed by atoms with Gasteiger partial charge in [0.2, 0.25) is 5.88 Å². The zero-order valence-corrected chi connectivity index (χ0v) is 20.5. The Balaban J connectivity index is 2.08. The number of carbonyl (C=O) groups excluding carboxylic acids is 1. The lowest BCUT2D eigenvalue weighted by atomic mass is 10.0. The molecule has 7 nitrogen and oxygen atoms in total. The van der Waals surface area contributed by atoms with Gasteiger partial charge >= 0.3 is 12.1 Å². The van der Waals surface area contributed by atoms with Gasteiger partial charge < -0.3 is 14.7 Å². The molecule has 0 saturated carbocycles. The van der Waals surface area contributed by atoms with E-state index in [9.17, 15) is 27.9 Å². The van der Waals surface area contributed by atoms with Crippen LogP contribution in [-0.2, 0) is 6.18 Å². The maximum Gasteiger partial charge on any atom is 0.421 e. The van der Waals surface area contributed by atoms with E-state index in [1.54, 1.807) is 13.0 Å². The van der Waals surface area contributed by atoms with E-state index in [0.29, 0.717) is 4.47 Å². The molecule has 2 heterocycles. The summed E-state index contributed by atoms with van der Waals surface area (Å²) < 4.78 is 45.9. The van der Waals surface area contributed by atoms with E-state index in [1.807, 2.05) is 13.8 Å². The Morgan fingerprint density at radius 3 is 2.37 bits per heavy atom. The molecule has 0 fully saturated rings. The van der Waals surface area contributed by atoms with Crippen LogP contribution in [0.3, 0.4) is 0 Å². The predicted molar refractivity (Wildman–Crippen MR) is 126 cm³/mol. The average Bonchev–Trinajstić information content (AvgIpc) is 2.79. The molecule has 0 aliphatic heterocycles. The Labute approximate surface area is 207 Å². The van der Waals surface area contributed by atoms with Gasteiger partial charge in [-0.25, -0.2) is 14.8 Å². The van der Waals surface area contributed by atoms with Crippen LogP contribution in [0.1, 0.15) is 47.2 Å². The van der Waals surface area contributed by atoms with Crippen LogP contribution in [0.15, 0.2) is 59.3 Å². The summed E-state index contributed by atoms with van der Waals surface area (Å²) in [7, 11) is 0. The quantitative estimate of drug-likeness (QED) is 0.363. The Hall–Kier alpha value is -3.47. The van der Waals surface area contributed by atoms with Crippen molar-refractivity contribution in [3.05, 3.63) is 76.2 Å². The SMILES string of the molecule is CC(C)C(C)N(C(=O)c1ccc(Br)cn1)c1ccc(Oc2ncccc2C(F)(F)F)cc1C(=O)O. The van der Waals surface area contributed by atoms with Crippen molar-refractivity contribution < 1.29 is 32.6 Å². The van der Waals surface area contributed by atoms with Crippen molar-refractivity contribution in [2.45, 2.75) is 33.0 Å². The largest absolute Gasteiger partial charge is 0.478 e. The molecule has 11 heteroatoms. The molecule has 0 spiro atoms. The number of carboxylic acid groups (broad SMARTS) is 1. The average molecular weight is 552 g/mol. The van der Waals surface area contributed by atoms with E-state index in [-0.39, 0.29) is 28.6 Å². The first-order chi connectivity index (χ1) is 16.4. The van der Waals surface area contributed by atoms with Gasteiger partial charge in [0, 0.05) is 22.9 Å². The highest BCUT2D eigenvalue weighted by molar-refractivity contribution is 9.10. The van der Waals surface area contributed by atoms with E-state index in [1.165, 1.54) is 29.3 Å². The Morgan fingerprint density at radius 2 is 1.80 bits per heavy atom. The smallest absolute Gasteiger partial charge is 0.421 e. The van der Waals surface area contributed by atoms with Crippen LogP contribution in [0.25, 0.3) is 0 Å². The van der Waals surface area contributed by atoms with Gasteiger partial charge in [-0.3, -0.25) is 4.79 Å². The minimum Gasteiger partial charge on any atom is -0.478 e. The highest BCUT2D eigenvalue weighted by Crippen LogP contribution is 2.38. The number of hydrogen-bond acceptors (Lipinski definition) is 5. The van der Waals surface area contributed by atoms with E-state index >= 15 is 0 Å². The minimum absolute atomic E-state index is 0.0536. The van der Waals surface area contributed by atoms with Crippen molar-refractivity contribution in [1.29, 1.82) is 0 Å². The number of benzene rings is 1. The van der Waals surface area contributed by atoms with E-state index in [2.05, 4.69) is 25.9 Å². The van der Waals surface area contributed by atoms with Crippen LogP contribution < -0.4 is 9.64 Å². The number of carbonyl (C=O) groups is 2. The summed E-state index contributed by atoms with van der Waals surface area (Å²) in [6.45, 7) is 5.51. The lowest BCUT2D eigenvalue weighted by molar-refractivity contribution is -0.138. The summed E-state index contributed by atoms with van der Waals surface area (Å²) in [6, 6.07) is 8.31. The maximum absolute atomic E-state index is 13.4. The molecule has 2 aromatic heterocycles. The predicted octanol–water partition coefficient (Wildman–Crippen LogP) is 6.44. The first kappa shape index (κ1) is 26.1. The second-order valence-corrected chi connectivity index (χ2v) is 8.88. The fourth-order valence-electron chi connectivity index (χ4n) is 3.20. The number of halogens is 4. The summed E-state index contributed by atoms with van der Waals surface area (Å²) >= 11 is 3.26. The number of ether oxygens (including phenoxy) is 1. The molecule has 1 atom stereocenters. The second-order valence-electron chi connectivity index (χ2n) is 7.96. The lowest BCUT2D eigenvalue weighted by Crippen LogP contribution is -2.43. The van der Waals surface area contributed by atoms with E-state index < -0.39 is 35.5 Å². The number of rotatable bonds is 7. The summed E-state index contributed by atoms with van der Waals surface area (Å²) in [5, 5.41) is 9.89. The minimum atomic E-state index is -4.72. The monoisotopic (exact) mass is 551 g/mol. The number of carboxylic acids is 1. The van der Waals surface area contributed by atoms with Gasteiger partial charge in [0.05, 0.1) is 11.3 Å². The van der Waals surface area contributed by atoms with Gasteiger partial charge in [0.15, 0.2) is 0 Å². The van der Waals surface area contributed by atoms with Gasteiger partial charge in [0.1, 0.15) is 17.0 Å². The highest BCUT2D eigenvalue weighted by Gasteiger charge is 2.35. The standard InChI is InChI=1S/C24H21BrF3N3O4/c1-13(2)14(3)31(22(32)19-8-6-15(25)12-30-19)20-9-7-16(11-17(20)23(33)34)35-21-18(24(26,27)28)5-4-10-29-21/h4-14H,1-3H3,(H,33,34).